The lowest BCUT2D eigenvalue weighted by molar-refractivity contribution is -0.384. The molecule has 0 fully saturated rings. The van der Waals surface area contributed by atoms with Crippen LogP contribution in [0.25, 0.3) is 15.7 Å². The zero-order valence-electron chi connectivity index (χ0n) is 15.7. The summed E-state index contributed by atoms with van der Waals surface area (Å²) in [6.07, 6.45) is 1.60. The Kier molecular flexibility index (Phi) is 5.22. The van der Waals surface area contributed by atoms with E-state index in [0.29, 0.717) is 40.4 Å². The highest BCUT2D eigenvalue weighted by Crippen LogP contribution is 2.37. The topological polar surface area (TPSA) is 78.9 Å². The fourth-order valence-electron chi connectivity index (χ4n) is 2.93. The van der Waals surface area contributed by atoms with Crippen LogP contribution in [0.4, 0.5) is 11.4 Å². The number of hydrogen-bond donors (Lipinski definition) is 0. The predicted octanol–water partition coefficient (Wildman–Crippen LogP) is 6.07. The number of ether oxygens (including phenoxy) is 2. The number of pyridine rings is 1. The molecule has 7 nitrogen and oxygen atoms in total. The van der Waals surface area contributed by atoms with Gasteiger partial charge in [0.25, 0.3) is 5.69 Å². The number of benzene rings is 3. The summed E-state index contributed by atoms with van der Waals surface area (Å²) in [4.78, 5) is 18.3. The molecule has 0 amide bonds. The molecule has 0 aliphatic rings. The Balaban J connectivity index is 1.64. The first-order valence-electron chi connectivity index (χ1n) is 9.03. The summed E-state index contributed by atoms with van der Waals surface area (Å²) >= 11 is 0. The van der Waals surface area contributed by atoms with E-state index in [1.807, 2.05) is 30.3 Å². The first-order chi connectivity index (χ1) is 14.6. The summed E-state index contributed by atoms with van der Waals surface area (Å²) in [5.41, 5.74) is 1.94. The third kappa shape index (κ3) is 4.03. The Labute approximate surface area is 172 Å². The molecule has 0 aliphatic carbocycles. The molecule has 146 valence electrons. The van der Waals surface area contributed by atoms with Crippen LogP contribution >= 0.6 is 0 Å². The van der Waals surface area contributed by atoms with Crippen LogP contribution in [0.5, 0.6) is 17.2 Å². The molecule has 1 heterocycles. The molecule has 0 saturated heterocycles. The van der Waals surface area contributed by atoms with Crippen molar-refractivity contribution in [2.45, 2.75) is 6.61 Å². The van der Waals surface area contributed by atoms with Gasteiger partial charge in [0.2, 0.25) is 5.69 Å². The van der Waals surface area contributed by atoms with Gasteiger partial charge in [0.1, 0.15) is 23.9 Å². The van der Waals surface area contributed by atoms with Crippen LogP contribution in [0.15, 0.2) is 79.0 Å². The molecule has 0 radical (unpaired) electrons. The number of hydrogen-bond acceptors (Lipinski definition) is 5. The molecular weight excluding hydrogens is 382 g/mol. The van der Waals surface area contributed by atoms with Gasteiger partial charge in [0, 0.05) is 23.7 Å². The molecule has 7 heteroatoms. The fourth-order valence-corrected chi connectivity index (χ4v) is 2.93. The Hall–Kier alpha value is -4.44. The number of fused-ring (bicyclic) bond motifs is 1. The van der Waals surface area contributed by atoms with Gasteiger partial charge in [0.15, 0.2) is 0 Å². The standard InChI is InChI=1S/C23H15N3O4/c1-24-21-13-19-20(14-23(21)29-15-16-5-3-2-4-6-16)25-12-11-22(19)30-18-9-7-17(8-10-18)26(27)28/h2-14H,15H2. The van der Waals surface area contributed by atoms with Crippen molar-refractivity contribution >= 4 is 22.3 Å². The fraction of sp³-hybridized carbons (Fsp3) is 0.0435. The maximum Gasteiger partial charge on any atom is 0.269 e. The molecule has 0 atom stereocenters. The zero-order valence-corrected chi connectivity index (χ0v) is 15.7. The second-order valence-corrected chi connectivity index (χ2v) is 6.39. The van der Waals surface area contributed by atoms with Crippen molar-refractivity contribution in [3.8, 4) is 17.2 Å². The van der Waals surface area contributed by atoms with Gasteiger partial charge in [-0.25, -0.2) is 4.85 Å². The molecule has 0 bridgehead atoms. The lowest BCUT2D eigenvalue weighted by Crippen LogP contribution is -1.96. The molecule has 0 saturated carbocycles. The highest BCUT2D eigenvalue weighted by atomic mass is 16.6. The summed E-state index contributed by atoms with van der Waals surface area (Å²) in [7, 11) is 0. The van der Waals surface area contributed by atoms with Gasteiger partial charge in [0.05, 0.1) is 17.0 Å². The highest BCUT2D eigenvalue weighted by molar-refractivity contribution is 5.91. The average Bonchev–Trinajstić information content (AvgIpc) is 2.78. The van der Waals surface area contributed by atoms with E-state index in [1.165, 1.54) is 24.3 Å². The van der Waals surface area contributed by atoms with Crippen molar-refractivity contribution in [1.82, 2.24) is 4.98 Å². The van der Waals surface area contributed by atoms with Crippen molar-refractivity contribution in [1.29, 1.82) is 0 Å². The normalized spacial score (nSPS) is 10.4. The maximum atomic E-state index is 10.8. The van der Waals surface area contributed by atoms with Crippen molar-refractivity contribution in [2.75, 3.05) is 0 Å². The number of nitrogens with zero attached hydrogens (tertiary/aromatic N) is 3. The van der Waals surface area contributed by atoms with Gasteiger partial charge in [-0.05, 0) is 35.9 Å². The molecule has 3 aromatic carbocycles. The summed E-state index contributed by atoms with van der Waals surface area (Å²) in [6, 6.07) is 20.6. The summed E-state index contributed by atoms with van der Waals surface area (Å²) in [5.74, 6) is 1.39. The quantitative estimate of drug-likeness (QED) is 0.224. The Morgan fingerprint density at radius 3 is 2.47 bits per heavy atom. The van der Waals surface area contributed by atoms with Crippen LogP contribution in [-0.4, -0.2) is 9.91 Å². The maximum absolute atomic E-state index is 10.8. The molecule has 1 aromatic heterocycles. The molecule has 0 spiro atoms. The van der Waals surface area contributed by atoms with Crippen molar-refractivity contribution in [3.05, 3.63) is 106 Å². The van der Waals surface area contributed by atoms with Gasteiger partial charge in [-0.3, -0.25) is 15.1 Å². The first-order valence-corrected chi connectivity index (χ1v) is 9.03. The van der Waals surface area contributed by atoms with Gasteiger partial charge in [-0.1, -0.05) is 30.3 Å². The second kappa shape index (κ2) is 8.29. The Morgan fingerprint density at radius 1 is 1.00 bits per heavy atom. The number of nitro groups is 1. The highest BCUT2D eigenvalue weighted by Gasteiger charge is 2.12. The molecule has 0 unspecified atom stereocenters. The van der Waals surface area contributed by atoms with Crippen LogP contribution < -0.4 is 9.47 Å². The van der Waals surface area contributed by atoms with Crippen LogP contribution in [0.1, 0.15) is 5.56 Å². The van der Waals surface area contributed by atoms with Gasteiger partial charge in [-0.2, -0.15) is 0 Å². The first kappa shape index (κ1) is 18.9. The Morgan fingerprint density at radius 2 is 1.77 bits per heavy atom. The number of non-ortho nitro benzene ring substituents is 1. The van der Waals surface area contributed by atoms with E-state index in [4.69, 9.17) is 16.0 Å². The summed E-state index contributed by atoms with van der Waals surface area (Å²) < 4.78 is 11.7. The van der Waals surface area contributed by atoms with Crippen LogP contribution in [0.3, 0.4) is 0 Å². The van der Waals surface area contributed by atoms with E-state index in [9.17, 15) is 10.1 Å². The number of rotatable bonds is 6. The molecule has 0 aliphatic heterocycles. The van der Waals surface area contributed by atoms with Crippen LogP contribution in [0, 0.1) is 16.7 Å². The van der Waals surface area contributed by atoms with Gasteiger partial charge < -0.3 is 9.47 Å². The molecule has 30 heavy (non-hydrogen) atoms. The number of nitro benzene ring substituents is 1. The minimum Gasteiger partial charge on any atom is -0.500 e. The minimum atomic E-state index is -0.468. The van der Waals surface area contributed by atoms with E-state index >= 15 is 0 Å². The monoisotopic (exact) mass is 397 g/mol. The van der Waals surface area contributed by atoms with Gasteiger partial charge in [-0.15, -0.1) is 0 Å². The van der Waals surface area contributed by atoms with E-state index in [0.717, 1.165) is 5.56 Å². The average molecular weight is 397 g/mol. The smallest absolute Gasteiger partial charge is 0.269 e. The van der Waals surface area contributed by atoms with Crippen molar-refractivity contribution < 1.29 is 14.4 Å². The van der Waals surface area contributed by atoms with E-state index in [2.05, 4.69) is 9.83 Å². The lowest BCUT2D eigenvalue weighted by Gasteiger charge is -2.12. The van der Waals surface area contributed by atoms with E-state index in [1.54, 1.807) is 24.4 Å². The SMILES string of the molecule is [C-]#[N+]c1cc2c(Oc3ccc([N+](=O)[O-])cc3)ccnc2cc1OCc1ccccc1. The summed E-state index contributed by atoms with van der Waals surface area (Å²) in [5, 5.41) is 11.5. The molecular formula is C23H15N3O4. The van der Waals surface area contributed by atoms with Crippen molar-refractivity contribution in [3.63, 3.8) is 0 Å². The molecule has 4 aromatic rings. The zero-order chi connectivity index (χ0) is 20.9. The van der Waals surface area contributed by atoms with E-state index < -0.39 is 4.92 Å². The van der Waals surface area contributed by atoms with E-state index in [-0.39, 0.29) is 5.69 Å². The predicted molar refractivity (Wildman–Crippen MR) is 112 cm³/mol. The molecule has 0 N–H and O–H groups in total. The number of aromatic nitrogens is 1. The van der Waals surface area contributed by atoms with Crippen LogP contribution in [-0.2, 0) is 6.61 Å². The van der Waals surface area contributed by atoms with Gasteiger partial charge >= 0.3 is 0 Å². The largest absolute Gasteiger partial charge is 0.500 e. The Bertz CT molecular complexity index is 1250. The third-order valence-electron chi connectivity index (χ3n) is 4.42. The lowest BCUT2D eigenvalue weighted by atomic mass is 10.1. The third-order valence-corrected chi connectivity index (χ3v) is 4.42. The second-order valence-electron chi connectivity index (χ2n) is 6.39. The van der Waals surface area contributed by atoms with Crippen LogP contribution in [0.2, 0.25) is 0 Å². The summed E-state index contributed by atoms with van der Waals surface area (Å²) in [6.45, 7) is 7.86. The molecule has 4 rings (SSSR count). The van der Waals surface area contributed by atoms with Crippen molar-refractivity contribution in [2.24, 2.45) is 0 Å². The minimum absolute atomic E-state index is 0.0163.